The summed E-state index contributed by atoms with van der Waals surface area (Å²) < 4.78 is 0.127. The van der Waals surface area contributed by atoms with Crippen LogP contribution in [0.2, 0.25) is 0 Å². The van der Waals surface area contributed by atoms with Gasteiger partial charge in [-0.2, -0.15) is 0 Å². The first-order chi connectivity index (χ1) is 8.83. The molecule has 3 nitrogen and oxygen atoms in total. The molecule has 4 heteroatoms. The van der Waals surface area contributed by atoms with Crippen LogP contribution in [0.4, 0.5) is 0 Å². The molecule has 0 aliphatic carbocycles. The Morgan fingerprint density at radius 1 is 0.889 bits per heavy atom. The third kappa shape index (κ3) is 3.03. The molecule has 0 N–H and O–H groups in total. The van der Waals surface area contributed by atoms with Gasteiger partial charge in [-0.3, -0.25) is 0 Å². The van der Waals surface area contributed by atoms with Crippen molar-refractivity contribution in [2.75, 3.05) is 0 Å². The van der Waals surface area contributed by atoms with Crippen LogP contribution in [0.15, 0.2) is 65.8 Å². The number of hydrogen-bond donors (Lipinski definition) is 0. The molecule has 0 amide bonds. The highest BCUT2D eigenvalue weighted by Gasteiger charge is 2.20. The first-order valence-corrected chi connectivity index (χ1v) is 6.85. The van der Waals surface area contributed by atoms with Gasteiger partial charge in [-0.25, -0.2) is 0 Å². The Hall–Kier alpha value is -1.52. The Kier molecular flexibility index (Phi) is 4.61. The summed E-state index contributed by atoms with van der Waals surface area (Å²) in [7, 11) is 0. The third-order valence-corrected chi connectivity index (χ3v) is 4.11. The fourth-order valence-electron chi connectivity index (χ4n) is 1.82. The smallest absolute Gasteiger partial charge is 0.0783 e. The average Bonchev–Trinajstić information content (AvgIpc) is 2.46. The van der Waals surface area contributed by atoms with E-state index in [4.69, 9.17) is 5.53 Å². The van der Waals surface area contributed by atoms with Crippen molar-refractivity contribution in [2.45, 2.75) is 9.97 Å². The Morgan fingerprint density at radius 3 is 1.89 bits per heavy atom. The summed E-state index contributed by atoms with van der Waals surface area (Å²) in [5.74, 6) is 0. The molecule has 0 bridgehead atoms. The topological polar surface area (TPSA) is 48.8 Å². The second-order valence-electron chi connectivity index (χ2n) is 3.87. The maximum atomic E-state index is 8.75. The zero-order valence-electron chi connectivity index (χ0n) is 9.65. The van der Waals surface area contributed by atoms with Crippen molar-refractivity contribution in [1.82, 2.24) is 0 Å². The Labute approximate surface area is 120 Å². The first-order valence-electron chi connectivity index (χ1n) is 5.61. The van der Waals surface area contributed by atoms with Gasteiger partial charge in [-0.1, -0.05) is 88.4 Å². The molecule has 0 aromatic heterocycles. The molecule has 0 unspecified atom stereocenters. The lowest BCUT2D eigenvalue weighted by atomic mass is 10.00. The van der Waals surface area contributed by atoms with Gasteiger partial charge in [0.2, 0.25) is 0 Å². The predicted octanol–water partition coefficient (Wildman–Crippen LogP) is 5.21. The molecular weight excluding hydrogens is 337 g/mol. The highest BCUT2D eigenvalue weighted by Crippen LogP contribution is 2.39. The van der Waals surface area contributed by atoms with Crippen molar-refractivity contribution >= 4 is 22.6 Å². The van der Waals surface area contributed by atoms with Crippen molar-refractivity contribution in [3.8, 4) is 0 Å². The number of hydrogen-bond acceptors (Lipinski definition) is 1. The van der Waals surface area contributed by atoms with E-state index in [2.05, 4.69) is 44.7 Å². The molecule has 0 aliphatic heterocycles. The van der Waals surface area contributed by atoms with Crippen molar-refractivity contribution in [2.24, 2.45) is 5.11 Å². The minimum atomic E-state index is -0.181. The van der Waals surface area contributed by atoms with Crippen LogP contribution in [0, 0.1) is 0 Å². The number of nitrogens with zero attached hydrogens (tertiary/aromatic N) is 3. The van der Waals surface area contributed by atoms with Crippen LogP contribution >= 0.6 is 22.6 Å². The van der Waals surface area contributed by atoms with E-state index < -0.39 is 0 Å². The Morgan fingerprint density at radius 2 is 1.39 bits per heavy atom. The number of benzene rings is 2. The molecule has 0 radical (unpaired) electrons. The number of azide groups is 1. The molecule has 0 saturated heterocycles. The van der Waals surface area contributed by atoms with Gasteiger partial charge in [0.1, 0.15) is 0 Å². The molecule has 0 fully saturated rings. The average molecular weight is 349 g/mol. The quantitative estimate of drug-likeness (QED) is 0.239. The second-order valence-corrected chi connectivity index (χ2v) is 5.21. The molecule has 2 rings (SSSR count). The zero-order chi connectivity index (χ0) is 12.8. The van der Waals surface area contributed by atoms with Crippen molar-refractivity contribution in [1.29, 1.82) is 0 Å². The number of alkyl halides is 1. The van der Waals surface area contributed by atoms with Crippen LogP contribution in [0.25, 0.3) is 10.4 Å². The molecule has 0 saturated carbocycles. The summed E-state index contributed by atoms with van der Waals surface area (Å²) in [4.78, 5) is 2.98. The minimum absolute atomic E-state index is 0.127. The molecule has 90 valence electrons. The highest BCUT2D eigenvalue weighted by molar-refractivity contribution is 14.1. The normalized spacial score (nSPS) is 13.4. The summed E-state index contributed by atoms with van der Waals surface area (Å²) in [6.07, 6.45) is 0. The van der Waals surface area contributed by atoms with Gasteiger partial charge in [0.25, 0.3) is 0 Å². The number of halogens is 1. The Bertz CT molecular complexity index is 535. The fourth-order valence-corrected chi connectivity index (χ4v) is 2.79. The van der Waals surface area contributed by atoms with E-state index in [1.54, 1.807) is 0 Å². The van der Waals surface area contributed by atoms with E-state index in [1.165, 1.54) is 5.56 Å². The molecule has 0 heterocycles. The summed E-state index contributed by atoms with van der Waals surface area (Å²) >= 11 is 2.33. The van der Waals surface area contributed by atoms with E-state index in [1.807, 2.05) is 48.5 Å². The van der Waals surface area contributed by atoms with E-state index in [-0.39, 0.29) is 9.97 Å². The Balaban J connectivity index is 2.35. The highest BCUT2D eigenvalue weighted by atomic mass is 127. The lowest BCUT2D eigenvalue weighted by Gasteiger charge is -2.18. The lowest BCUT2D eigenvalue weighted by molar-refractivity contribution is 0.720. The van der Waals surface area contributed by atoms with Gasteiger partial charge in [0, 0.05) is 8.84 Å². The fraction of sp³-hybridized carbons (Fsp3) is 0.143. The predicted molar refractivity (Wildman–Crippen MR) is 81.5 cm³/mol. The summed E-state index contributed by atoms with van der Waals surface area (Å²) in [6.45, 7) is 0. The maximum absolute atomic E-state index is 8.75. The van der Waals surface area contributed by atoms with E-state index in [0.717, 1.165) is 5.56 Å². The largest absolute Gasteiger partial charge is 0.0845 e. The van der Waals surface area contributed by atoms with Gasteiger partial charge in [-0.05, 0) is 16.7 Å². The van der Waals surface area contributed by atoms with Gasteiger partial charge in [-0.15, -0.1) is 0 Å². The molecule has 2 aromatic rings. The van der Waals surface area contributed by atoms with Crippen LogP contribution in [0.3, 0.4) is 0 Å². The molecule has 0 spiro atoms. The standard InChI is InChI=1S/C14H12IN3/c15-13(11-7-3-1-4-8-11)14(17-18-16)12-9-5-2-6-10-12/h1-10,13-14H/t13-,14+/m1/s1. The van der Waals surface area contributed by atoms with Crippen LogP contribution < -0.4 is 0 Å². The first kappa shape index (κ1) is 12.9. The van der Waals surface area contributed by atoms with Crippen molar-refractivity contribution in [3.63, 3.8) is 0 Å². The van der Waals surface area contributed by atoms with Crippen molar-refractivity contribution in [3.05, 3.63) is 82.2 Å². The summed E-state index contributed by atoms with van der Waals surface area (Å²) in [6, 6.07) is 19.8. The zero-order valence-corrected chi connectivity index (χ0v) is 11.8. The van der Waals surface area contributed by atoms with Gasteiger partial charge < -0.3 is 0 Å². The molecule has 2 aromatic carbocycles. The lowest BCUT2D eigenvalue weighted by Crippen LogP contribution is -2.02. The SMILES string of the molecule is [N-]=[N+]=N[C@@H](c1ccccc1)[C@H](I)c1ccccc1. The second kappa shape index (κ2) is 6.42. The van der Waals surface area contributed by atoms with Crippen LogP contribution in [0.1, 0.15) is 21.1 Å². The molecule has 0 aliphatic rings. The number of rotatable bonds is 4. The monoisotopic (exact) mass is 349 g/mol. The van der Waals surface area contributed by atoms with E-state index in [9.17, 15) is 0 Å². The maximum Gasteiger partial charge on any atom is 0.0783 e. The minimum Gasteiger partial charge on any atom is -0.0845 e. The third-order valence-electron chi connectivity index (χ3n) is 2.71. The van der Waals surface area contributed by atoms with E-state index >= 15 is 0 Å². The van der Waals surface area contributed by atoms with Gasteiger partial charge in [0.05, 0.1) is 6.04 Å². The van der Waals surface area contributed by atoms with E-state index in [0.29, 0.717) is 0 Å². The molecule has 18 heavy (non-hydrogen) atoms. The summed E-state index contributed by atoms with van der Waals surface area (Å²) in [5.41, 5.74) is 11.0. The van der Waals surface area contributed by atoms with Crippen LogP contribution in [-0.2, 0) is 0 Å². The van der Waals surface area contributed by atoms with Crippen molar-refractivity contribution < 1.29 is 0 Å². The van der Waals surface area contributed by atoms with Gasteiger partial charge in [0.15, 0.2) is 0 Å². The molecule has 2 atom stereocenters. The van der Waals surface area contributed by atoms with Crippen LogP contribution in [0.5, 0.6) is 0 Å². The van der Waals surface area contributed by atoms with Gasteiger partial charge >= 0.3 is 0 Å². The van der Waals surface area contributed by atoms with Crippen LogP contribution in [-0.4, -0.2) is 0 Å². The molecular formula is C14H12IN3. The summed E-state index contributed by atoms with van der Waals surface area (Å²) in [5, 5.41) is 3.94.